The van der Waals surface area contributed by atoms with Crippen LogP contribution in [0.1, 0.15) is 11.1 Å². The van der Waals surface area contributed by atoms with Crippen LogP contribution in [-0.4, -0.2) is 16.8 Å². The zero-order valence-corrected chi connectivity index (χ0v) is 16.1. The number of amides is 1. The molecule has 0 atom stereocenters. The quantitative estimate of drug-likeness (QED) is 0.493. The van der Waals surface area contributed by atoms with Crippen LogP contribution in [0.3, 0.4) is 0 Å². The van der Waals surface area contributed by atoms with Crippen molar-refractivity contribution in [3.8, 4) is 5.75 Å². The molecule has 0 radical (unpaired) electrons. The molecular formula is C22H17NO2S2. The van der Waals surface area contributed by atoms with Crippen LogP contribution in [-0.2, 0) is 11.2 Å². The van der Waals surface area contributed by atoms with Crippen molar-refractivity contribution >= 4 is 51.1 Å². The lowest BCUT2D eigenvalue weighted by Gasteiger charge is -2.12. The second kappa shape index (κ2) is 7.94. The van der Waals surface area contributed by atoms with Gasteiger partial charge in [0.15, 0.2) is 0 Å². The predicted octanol–water partition coefficient (Wildman–Crippen LogP) is 4.95. The van der Waals surface area contributed by atoms with Crippen LogP contribution in [0.2, 0.25) is 0 Å². The summed E-state index contributed by atoms with van der Waals surface area (Å²) in [6.45, 7) is 0.566. The first kappa shape index (κ1) is 17.8. The smallest absolute Gasteiger partial charge is 0.263 e. The van der Waals surface area contributed by atoms with E-state index >= 15 is 0 Å². The number of carbonyl (C=O) groups is 1. The molecule has 0 unspecified atom stereocenters. The lowest BCUT2D eigenvalue weighted by Crippen LogP contribution is -2.17. The zero-order valence-electron chi connectivity index (χ0n) is 14.5. The van der Waals surface area contributed by atoms with Gasteiger partial charge in [0.25, 0.3) is 5.91 Å². The van der Waals surface area contributed by atoms with E-state index in [0.717, 1.165) is 28.5 Å². The lowest BCUT2D eigenvalue weighted by molar-refractivity contribution is -0.115. The standard InChI is InChI=1S/C22H17NO2S2/c24-21-20(27-22(26)23-21)14-18-17-9-5-4-8-16(17)10-11-19(18)25-13-12-15-6-2-1-3-7-15/h1-11,14H,12-13H2,(H,23,24,26)/b20-14+. The first-order chi connectivity index (χ1) is 13.2. The maximum Gasteiger partial charge on any atom is 0.263 e. The van der Waals surface area contributed by atoms with Gasteiger partial charge >= 0.3 is 0 Å². The van der Waals surface area contributed by atoms with Crippen LogP contribution in [0.15, 0.2) is 71.6 Å². The molecule has 5 heteroatoms. The van der Waals surface area contributed by atoms with Crippen molar-refractivity contribution in [2.45, 2.75) is 6.42 Å². The molecule has 1 heterocycles. The number of carbonyl (C=O) groups excluding carboxylic acids is 1. The largest absolute Gasteiger partial charge is 0.493 e. The molecule has 1 N–H and O–H groups in total. The van der Waals surface area contributed by atoms with Crippen molar-refractivity contribution in [3.63, 3.8) is 0 Å². The van der Waals surface area contributed by atoms with E-state index in [2.05, 4.69) is 23.5 Å². The normalized spacial score (nSPS) is 15.3. The third-order valence-electron chi connectivity index (χ3n) is 4.34. The molecule has 3 aromatic rings. The second-order valence-corrected chi connectivity index (χ2v) is 7.85. The minimum atomic E-state index is -0.159. The molecule has 1 aliphatic heterocycles. The van der Waals surface area contributed by atoms with Crippen molar-refractivity contribution in [2.75, 3.05) is 6.61 Å². The molecule has 134 valence electrons. The summed E-state index contributed by atoms with van der Waals surface area (Å²) < 4.78 is 6.59. The van der Waals surface area contributed by atoms with Gasteiger partial charge in [0, 0.05) is 12.0 Å². The SMILES string of the molecule is O=C1NC(=S)S/C1=C/c1c(OCCc2ccccc2)ccc2ccccc12. The summed E-state index contributed by atoms with van der Waals surface area (Å²) in [7, 11) is 0. The Bertz CT molecular complexity index is 1040. The Labute approximate surface area is 167 Å². The Morgan fingerprint density at radius 3 is 2.56 bits per heavy atom. The number of benzene rings is 3. The Hall–Kier alpha value is -2.63. The number of ether oxygens (including phenoxy) is 1. The minimum Gasteiger partial charge on any atom is -0.493 e. The zero-order chi connectivity index (χ0) is 18.6. The number of hydrogen-bond donors (Lipinski definition) is 1. The van der Waals surface area contributed by atoms with Gasteiger partial charge in [-0.3, -0.25) is 4.79 Å². The van der Waals surface area contributed by atoms with Crippen molar-refractivity contribution < 1.29 is 9.53 Å². The summed E-state index contributed by atoms with van der Waals surface area (Å²) >= 11 is 6.38. The number of fused-ring (bicyclic) bond motifs is 1. The van der Waals surface area contributed by atoms with Gasteiger partial charge in [0.05, 0.1) is 11.5 Å². The van der Waals surface area contributed by atoms with Crippen LogP contribution in [0, 0.1) is 0 Å². The lowest BCUT2D eigenvalue weighted by atomic mass is 10.0. The number of thioether (sulfide) groups is 1. The molecule has 3 nitrogen and oxygen atoms in total. The van der Waals surface area contributed by atoms with Crippen LogP contribution in [0.4, 0.5) is 0 Å². The number of rotatable bonds is 5. The van der Waals surface area contributed by atoms with E-state index in [1.807, 2.05) is 54.6 Å². The van der Waals surface area contributed by atoms with E-state index in [9.17, 15) is 4.79 Å². The summed E-state index contributed by atoms with van der Waals surface area (Å²) in [6.07, 6.45) is 2.70. The first-order valence-corrected chi connectivity index (χ1v) is 9.86. The van der Waals surface area contributed by atoms with Gasteiger partial charge in [-0.2, -0.15) is 0 Å². The van der Waals surface area contributed by atoms with Gasteiger partial charge in [-0.15, -0.1) is 0 Å². The average molecular weight is 392 g/mol. The predicted molar refractivity (Wildman–Crippen MR) is 116 cm³/mol. The fraction of sp³-hybridized carbons (Fsp3) is 0.0909. The van der Waals surface area contributed by atoms with Crippen LogP contribution < -0.4 is 10.1 Å². The van der Waals surface area contributed by atoms with Gasteiger partial charge in [0.1, 0.15) is 10.1 Å². The highest BCUT2D eigenvalue weighted by atomic mass is 32.2. The molecule has 0 aromatic heterocycles. The van der Waals surface area contributed by atoms with E-state index in [0.29, 0.717) is 15.8 Å². The third-order valence-corrected chi connectivity index (χ3v) is 5.50. The van der Waals surface area contributed by atoms with Gasteiger partial charge in [-0.05, 0) is 28.5 Å². The van der Waals surface area contributed by atoms with Crippen LogP contribution in [0.25, 0.3) is 16.8 Å². The van der Waals surface area contributed by atoms with Gasteiger partial charge in [-0.25, -0.2) is 0 Å². The molecule has 1 fully saturated rings. The fourth-order valence-corrected chi connectivity index (χ4v) is 4.05. The van der Waals surface area contributed by atoms with E-state index in [1.54, 1.807) is 0 Å². The Kier molecular flexibility index (Phi) is 5.23. The molecular weight excluding hydrogens is 374 g/mol. The molecule has 4 rings (SSSR count). The number of thiocarbonyl (C=S) groups is 1. The molecule has 1 amide bonds. The van der Waals surface area contributed by atoms with Crippen molar-refractivity contribution in [3.05, 3.63) is 82.8 Å². The Morgan fingerprint density at radius 2 is 1.78 bits per heavy atom. The van der Waals surface area contributed by atoms with E-state index in [4.69, 9.17) is 17.0 Å². The molecule has 27 heavy (non-hydrogen) atoms. The second-order valence-electron chi connectivity index (χ2n) is 6.13. The Balaban J connectivity index is 1.66. The molecule has 1 aliphatic rings. The topological polar surface area (TPSA) is 38.3 Å². The Morgan fingerprint density at radius 1 is 1.00 bits per heavy atom. The van der Waals surface area contributed by atoms with Crippen LogP contribution in [0.5, 0.6) is 5.75 Å². The third kappa shape index (κ3) is 4.04. The molecule has 0 spiro atoms. The average Bonchev–Trinajstić information content (AvgIpc) is 3.01. The van der Waals surface area contributed by atoms with Gasteiger partial charge < -0.3 is 10.1 Å². The van der Waals surface area contributed by atoms with Gasteiger partial charge in [0.2, 0.25) is 0 Å². The molecule has 0 saturated carbocycles. The molecule has 1 saturated heterocycles. The van der Waals surface area contributed by atoms with E-state index in [1.165, 1.54) is 17.3 Å². The van der Waals surface area contributed by atoms with E-state index < -0.39 is 0 Å². The summed E-state index contributed by atoms with van der Waals surface area (Å²) in [5.41, 5.74) is 2.14. The maximum absolute atomic E-state index is 12.1. The highest BCUT2D eigenvalue weighted by Crippen LogP contribution is 2.34. The monoisotopic (exact) mass is 391 g/mol. The maximum atomic E-state index is 12.1. The molecule has 0 aliphatic carbocycles. The first-order valence-electron chi connectivity index (χ1n) is 8.64. The van der Waals surface area contributed by atoms with E-state index in [-0.39, 0.29) is 5.91 Å². The number of hydrogen-bond acceptors (Lipinski definition) is 4. The van der Waals surface area contributed by atoms with Crippen molar-refractivity contribution in [2.24, 2.45) is 0 Å². The summed E-state index contributed by atoms with van der Waals surface area (Å²) in [5, 5.41) is 4.82. The summed E-state index contributed by atoms with van der Waals surface area (Å²) in [5.74, 6) is 0.608. The van der Waals surface area contributed by atoms with Crippen molar-refractivity contribution in [1.82, 2.24) is 5.32 Å². The molecule has 3 aromatic carbocycles. The minimum absolute atomic E-state index is 0.159. The number of nitrogens with one attached hydrogen (secondary N) is 1. The van der Waals surface area contributed by atoms with Crippen molar-refractivity contribution in [1.29, 1.82) is 0 Å². The fourth-order valence-electron chi connectivity index (χ4n) is 3.03. The van der Waals surface area contributed by atoms with Gasteiger partial charge in [-0.1, -0.05) is 84.6 Å². The van der Waals surface area contributed by atoms with Crippen LogP contribution >= 0.6 is 24.0 Å². The summed E-state index contributed by atoms with van der Waals surface area (Å²) in [4.78, 5) is 12.7. The highest BCUT2D eigenvalue weighted by Gasteiger charge is 2.23. The highest BCUT2D eigenvalue weighted by molar-refractivity contribution is 8.26. The molecule has 0 bridgehead atoms. The summed E-state index contributed by atoms with van der Waals surface area (Å²) in [6, 6.07) is 22.3.